The van der Waals surface area contributed by atoms with Crippen LogP contribution in [0.15, 0.2) is 52.1 Å². The number of benzene rings is 2. The maximum absolute atomic E-state index is 13.0. The molecule has 1 amide bonds. The quantitative estimate of drug-likeness (QED) is 0.630. The molecule has 0 saturated heterocycles. The van der Waals surface area contributed by atoms with Crippen molar-refractivity contribution in [3.8, 4) is 17.2 Å². The Morgan fingerprint density at radius 1 is 1.31 bits per heavy atom. The van der Waals surface area contributed by atoms with E-state index >= 15 is 0 Å². The minimum Gasteiger partial charge on any atom is -0.496 e. The van der Waals surface area contributed by atoms with E-state index in [1.54, 1.807) is 19.2 Å². The number of nitrogens with one attached hydrogen (secondary N) is 1. The number of aromatic nitrogens is 2. The predicted molar refractivity (Wildman–Crippen MR) is 97.0 cm³/mol. The molecule has 0 saturated carbocycles. The van der Waals surface area contributed by atoms with E-state index in [0.717, 1.165) is 17.8 Å². The van der Waals surface area contributed by atoms with E-state index in [4.69, 9.17) is 20.8 Å². The van der Waals surface area contributed by atoms with E-state index in [9.17, 15) is 9.18 Å². The van der Waals surface area contributed by atoms with Crippen molar-refractivity contribution in [3.05, 3.63) is 53.3 Å². The van der Waals surface area contributed by atoms with Crippen LogP contribution in [0.25, 0.3) is 11.5 Å². The van der Waals surface area contributed by atoms with Crippen molar-refractivity contribution in [2.24, 2.45) is 0 Å². The van der Waals surface area contributed by atoms with Gasteiger partial charge < -0.3 is 14.5 Å². The number of ether oxygens (including phenoxy) is 1. The normalized spacial score (nSPS) is 10.6. The van der Waals surface area contributed by atoms with E-state index in [2.05, 4.69) is 15.5 Å². The van der Waals surface area contributed by atoms with Crippen LogP contribution < -0.4 is 10.1 Å². The number of halogens is 2. The largest absolute Gasteiger partial charge is 0.496 e. The van der Waals surface area contributed by atoms with E-state index < -0.39 is 5.82 Å². The molecule has 0 spiro atoms. The highest BCUT2D eigenvalue weighted by molar-refractivity contribution is 7.99. The first-order valence-corrected chi connectivity index (χ1v) is 8.78. The number of carbonyl (C=O) groups excluding carboxylic acids is 1. The number of thioether (sulfide) groups is 1. The Morgan fingerprint density at radius 2 is 2.12 bits per heavy atom. The van der Waals surface area contributed by atoms with Crippen LogP contribution in [0.2, 0.25) is 5.02 Å². The number of nitrogens with zero attached hydrogens (tertiary/aromatic N) is 2. The van der Waals surface area contributed by atoms with Gasteiger partial charge in [-0.1, -0.05) is 35.5 Å². The highest BCUT2D eigenvalue weighted by Gasteiger charge is 2.15. The Morgan fingerprint density at radius 3 is 2.88 bits per heavy atom. The van der Waals surface area contributed by atoms with Crippen LogP contribution in [0.1, 0.15) is 0 Å². The molecule has 3 rings (SSSR count). The first-order valence-electron chi connectivity index (χ1n) is 7.41. The molecule has 1 aromatic heterocycles. The van der Waals surface area contributed by atoms with Gasteiger partial charge in [-0.15, -0.1) is 10.2 Å². The molecule has 0 radical (unpaired) electrons. The van der Waals surface area contributed by atoms with Gasteiger partial charge in [0.2, 0.25) is 5.91 Å². The van der Waals surface area contributed by atoms with Crippen molar-refractivity contribution in [1.82, 2.24) is 10.2 Å². The molecular weight excluding hydrogens is 381 g/mol. The summed E-state index contributed by atoms with van der Waals surface area (Å²) in [4.78, 5) is 12.0. The lowest BCUT2D eigenvalue weighted by Gasteiger charge is -2.06. The van der Waals surface area contributed by atoms with Gasteiger partial charge in [-0.05, 0) is 30.3 Å². The minimum absolute atomic E-state index is 0.0290. The highest BCUT2D eigenvalue weighted by atomic mass is 35.5. The van der Waals surface area contributed by atoms with Gasteiger partial charge in [-0.3, -0.25) is 4.79 Å². The summed E-state index contributed by atoms with van der Waals surface area (Å²) >= 11 is 6.95. The summed E-state index contributed by atoms with van der Waals surface area (Å²) in [5.74, 6) is 0.127. The summed E-state index contributed by atoms with van der Waals surface area (Å²) in [5, 5.41) is 10.8. The number of amides is 1. The summed E-state index contributed by atoms with van der Waals surface area (Å²) in [6, 6.07) is 11.0. The first kappa shape index (κ1) is 18.2. The lowest BCUT2D eigenvalue weighted by Crippen LogP contribution is -2.14. The van der Waals surface area contributed by atoms with Crippen molar-refractivity contribution in [2.75, 3.05) is 18.2 Å². The molecular formula is C17H13ClFN3O3S. The number of para-hydroxylation sites is 1. The molecule has 134 valence electrons. The lowest BCUT2D eigenvalue weighted by molar-refractivity contribution is -0.113. The maximum Gasteiger partial charge on any atom is 0.277 e. The third-order valence-corrected chi connectivity index (χ3v) is 4.41. The molecule has 9 heteroatoms. The van der Waals surface area contributed by atoms with Crippen molar-refractivity contribution < 1.29 is 18.3 Å². The van der Waals surface area contributed by atoms with E-state index in [1.807, 2.05) is 12.1 Å². The number of methoxy groups -OCH3 is 1. The fourth-order valence-electron chi connectivity index (χ4n) is 2.10. The third-order valence-electron chi connectivity index (χ3n) is 3.28. The lowest BCUT2D eigenvalue weighted by atomic mass is 10.2. The maximum atomic E-state index is 13.0. The summed E-state index contributed by atoms with van der Waals surface area (Å²) in [5.41, 5.74) is 0.996. The summed E-state index contributed by atoms with van der Waals surface area (Å²) in [6.07, 6.45) is 0. The Hall–Kier alpha value is -2.58. The Balaban J connectivity index is 1.62. The van der Waals surface area contributed by atoms with Crippen LogP contribution in [0.3, 0.4) is 0 Å². The van der Waals surface area contributed by atoms with Gasteiger partial charge in [-0.2, -0.15) is 0 Å². The molecule has 6 nitrogen and oxygen atoms in total. The predicted octanol–water partition coefficient (Wildman–Crippen LogP) is 4.27. The number of carbonyl (C=O) groups is 1. The molecule has 0 bridgehead atoms. The number of hydrogen-bond acceptors (Lipinski definition) is 6. The van der Waals surface area contributed by atoms with Gasteiger partial charge in [0, 0.05) is 0 Å². The van der Waals surface area contributed by atoms with Gasteiger partial charge in [0.1, 0.15) is 11.6 Å². The van der Waals surface area contributed by atoms with E-state index in [0.29, 0.717) is 22.9 Å². The number of hydrogen-bond donors (Lipinski definition) is 1. The zero-order chi connectivity index (χ0) is 18.5. The zero-order valence-corrected chi connectivity index (χ0v) is 15.1. The molecule has 2 aromatic carbocycles. The molecule has 0 fully saturated rings. The molecule has 26 heavy (non-hydrogen) atoms. The summed E-state index contributed by atoms with van der Waals surface area (Å²) < 4.78 is 23.8. The van der Waals surface area contributed by atoms with Crippen molar-refractivity contribution in [1.29, 1.82) is 0 Å². The van der Waals surface area contributed by atoms with E-state index in [1.165, 1.54) is 12.1 Å². The molecule has 0 aliphatic carbocycles. The minimum atomic E-state index is -0.475. The van der Waals surface area contributed by atoms with Crippen molar-refractivity contribution in [3.63, 3.8) is 0 Å². The highest BCUT2D eigenvalue weighted by Crippen LogP contribution is 2.30. The molecule has 0 atom stereocenters. The zero-order valence-electron chi connectivity index (χ0n) is 13.5. The van der Waals surface area contributed by atoms with Crippen LogP contribution in [0, 0.1) is 5.82 Å². The number of rotatable bonds is 6. The van der Waals surface area contributed by atoms with Gasteiger partial charge in [0.15, 0.2) is 0 Å². The fraction of sp³-hybridized carbons (Fsp3) is 0.118. The van der Waals surface area contributed by atoms with Crippen molar-refractivity contribution >= 4 is 35.0 Å². The Labute approximate surface area is 157 Å². The molecule has 0 unspecified atom stereocenters. The Bertz CT molecular complexity index is 935. The number of anilines is 1. The first-order chi connectivity index (χ1) is 12.6. The summed E-state index contributed by atoms with van der Waals surface area (Å²) in [7, 11) is 1.55. The van der Waals surface area contributed by atoms with Gasteiger partial charge >= 0.3 is 0 Å². The van der Waals surface area contributed by atoms with Gasteiger partial charge in [-0.25, -0.2) is 4.39 Å². The second kappa shape index (κ2) is 8.20. The standard InChI is InChI=1S/C17H13ClFN3O3S/c1-24-14-5-3-2-4-11(14)16-21-22-17(25-16)26-9-15(23)20-13-7-6-10(19)8-12(13)18/h2-8H,9H2,1H3,(H,20,23). The van der Waals surface area contributed by atoms with Gasteiger partial charge in [0.25, 0.3) is 11.1 Å². The second-order valence-corrected chi connectivity index (χ2v) is 6.37. The second-order valence-electron chi connectivity index (χ2n) is 5.03. The summed E-state index contributed by atoms with van der Waals surface area (Å²) in [6.45, 7) is 0. The van der Waals surface area contributed by atoms with Crippen LogP contribution in [-0.4, -0.2) is 29.0 Å². The van der Waals surface area contributed by atoms with Crippen molar-refractivity contribution in [2.45, 2.75) is 5.22 Å². The monoisotopic (exact) mass is 393 g/mol. The van der Waals surface area contributed by atoms with Gasteiger partial charge in [0.05, 0.1) is 29.1 Å². The van der Waals surface area contributed by atoms with Crippen LogP contribution >= 0.6 is 23.4 Å². The average Bonchev–Trinajstić information content (AvgIpc) is 3.11. The van der Waals surface area contributed by atoms with Crippen LogP contribution in [0.4, 0.5) is 10.1 Å². The molecule has 3 aromatic rings. The smallest absolute Gasteiger partial charge is 0.277 e. The third kappa shape index (κ3) is 4.33. The Kier molecular flexibility index (Phi) is 5.75. The van der Waals surface area contributed by atoms with E-state index in [-0.39, 0.29) is 21.9 Å². The molecule has 1 N–H and O–H groups in total. The SMILES string of the molecule is COc1ccccc1-c1nnc(SCC(=O)Nc2ccc(F)cc2Cl)o1. The topological polar surface area (TPSA) is 77.2 Å². The molecule has 0 aliphatic heterocycles. The van der Waals surface area contributed by atoms with Crippen LogP contribution in [0.5, 0.6) is 5.75 Å². The fourth-order valence-corrected chi connectivity index (χ4v) is 2.88. The molecule has 1 heterocycles. The molecule has 0 aliphatic rings. The average molecular weight is 394 g/mol. The van der Waals surface area contributed by atoms with Crippen LogP contribution in [-0.2, 0) is 4.79 Å².